The number of benzene rings is 2. The van der Waals surface area contributed by atoms with E-state index in [0.717, 1.165) is 18.6 Å². The molecule has 0 atom stereocenters. The van der Waals surface area contributed by atoms with Crippen LogP contribution in [-0.2, 0) is 14.3 Å². The van der Waals surface area contributed by atoms with Crippen LogP contribution in [0.4, 0.5) is 0 Å². The zero-order chi connectivity index (χ0) is 21.6. The van der Waals surface area contributed by atoms with Crippen LogP contribution in [0.3, 0.4) is 0 Å². The molecule has 0 bridgehead atoms. The Hall–Kier alpha value is -2.80. The fourth-order valence-electron chi connectivity index (χ4n) is 2.60. The summed E-state index contributed by atoms with van der Waals surface area (Å²) in [4.78, 5) is 35.4. The topological polar surface area (TPSA) is 89.9 Å². The predicted octanol–water partition coefficient (Wildman–Crippen LogP) is 4.27. The molecule has 0 radical (unpaired) electrons. The Morgan fingerprint density at radius 2 is 1.57 bits per heavy atom. The third kappa shape index (κ3) is 8.69. The fraction of sp³-hybridized carbons (Fsp3) is 0.348. The average molecular weight is 431 g/mol. The molecule has 1 N–H and O–H groups in total. The summed E-state index contributed by atoms with van der Waals surface area (Å²) in [6.07, 6.45) is 2.83. The second-order valence-electron chi connectivity index (χ2n) is 6.53. The number of hydrogen-bond donors (Lipinski definition) is 1. The minimum Gasteiger partial charge on any atom is -0.507 e. The smallest absolute Gasteiger partial charge is 0.341 e. The van der Waals surface area contributed by atoms with Gasteiger partial charge in [-0.3, -0.25) is 9.59 Å². The van der Waals surface area contributed by atoms with Crippen LogP contribution in [0.5, 0.6) is 5.75 Å². The lowest BCUT2D eigenvalue weighted by atomic mass is 10.1. The van der Waals surface area contributed by atoms with E-state index in [0.29, 0.717) is 24.2 Å². The van der Waals surface area contributed by atoms with Gasteiger partial charge in [-0.15, -0.1) is 0 Å². The van der Waals surface area contributed by atoms with Gasteiger partial charge in [0.05, 0.1) is 0 Å². The second kappa shape index (κ2) is 13.4. The van der Waals surface area contributed by atoms with Gasteiger partial charge in [-0.25, -0.2) is 4.79 Å². The second-order valence-corrected chi connectivity index (χ2v) is 7.75. The summed E-state index contributed by atoms with van der Waals surface area (Å²) >= 11 is 1.66. The number of carbonyl (C=O) groups excluding carboxylic acids is 3. The summed E-state index contributed by atoms with van der Waals surface area (Å²) in [6, 6.07) is 15.0. The van der Waals surface area contributed by atoms with Crippen LogP contribution in [0.25, 0.3) is 0 Å². The van der Waals surface area contributed by atoms with Gasteiger partial charge in [-0.2, -0.15) is 11.8 Å². The number of unbranched alkanes of at least 4 members (excludes halogenated alkanes) is 2. The van der Waals surface area contributed by atoms with Gasteiger partial charge in [-0.1, -0.05) is 48.9 Å². The van der Waals surface area contributed by atoms with Crippen molar-refractivity contribution in [2.75, 3.05) is 24.7 Å². The lowest BCUT2D eigenvalue weighted by Crippen LogP contribution is -2.13. The maximum absolute atomic E-state index is 11.9. The maximum Gasteiger partial charge on any atom is 0.341 e. The van der Waals surface area contributed by atoms with Gasteiger partial charge in [0.1, 0.15) is 17.9 Å². The Morgan fingerprint density at radius 3 is 2.33 bits per heavy atom. The normalized spacial score (nSPS) is 10.4. The predicted molar refractivity (Wildman–Crippen MR) is 116 cm³/mol. The van der Waals surface area contributed by atoms with Gasteiger partial charge in [0.15, 0.2) is 12.4 Å². The monoisotopic (exact) mass is 430 g/mol. The van der Waals surface area contributed by atoms with Gasteiger partial charge >= 0.3 is 11.9 Å². The molecule has 0 saturated carbocycles. The highest BCUT2D eigenvalue weighted by Crippen LogP contribution is 2.17. The molecule has 0 aliphatic heterocycles. The highest BCUT2D eigenvalue weighted by molar-refractivity contribution is 7.99. The molecule has 0 saturated heterocycles. The number of ketones is 1. The lowest BCUT2D eigenvalue weighted by molar-refractivity contribution is -0.142. The standard InChI is InChI=1S/C23H26O6S/c24-20-12-7-6-11-19(20)23(27)28-14-16-30-15-8-2-5-13-22(26)29-17-21(25)18-9-3-1-4-10-18/h1,3-4,6-7,9-12,24H,2,5,8,13-17H2. The summed E-state index contributed by atoms with van der Waals surface area (Å²) in [6.45, 7) is 0.0534. The molecular formula is C23H26O6S. The summed E-state index contributed by atoms with van der Waals surface area (Å²) in [5.74, 6) is 0.390. The van der Waals surface area contributed by atoms with Crippen molar-refractivity contribution in [3.05, 3.63) is 65.7 Å². The maximum atomic E-state index is 11.9. The van der Waals surface area contributed by atoms with Crippen LogP contribution in [-0.4, -0.2) is 47.5 Å². The van der Waals surface area contributed by atoms with Gasteiger partial charge in [0, 0.05) is 17.7 Å². The number of ether oxygens (including phenoxy) is 2. The average Bonchev–Trinajstić information content (AvgIpc) is 2.77. The fourth-order valence-corrected chi connectivity index (χ4v) is 3.41. The number of rotatable bonds is 13. The number of phenolic OH excluding ortho intramolecular Hbond substituents is 1. The summed E-state index contributed by atoms with van der Waals surface area (Å²) in [7, 11) is 0. The molecule has 0 aromatic heterocycles. The number of Topliss-reactive ketones (excluding diaryl/α,β-unsaturated/α-hetero) is 1. The first-order valence-electron chi connectivity index (χ1n) is 9.84. The van der Waals surface area contributed by atoms with E-state index in [1.54, 1.807) is 48.2 Å². The molecule has 160 valence electrons. The minimum atomic E-state index is -0.530. The molecule has 0 amide bonds. The van der Waals surface area contributed by atoms with Crippen LogP contribution in [0.15, 0.2) is 54.6 Å². The van der Waals surface area contributed by atoms with Crippen LogP contribution in [0, 0.1) is 0 Å². The summed E-state index contributed by atoms with van der Waals surface area (Å²) in [5.41, 5.74) is 0.702. The number of thioether (sulfide) groups is 1. The van der Waals surface area contributed by atoms with E-state index in [2.05, 4.69) is 0 Å². The molecule has 2 aromatic carbocycles. The van der Waals surface area contributed by atoms with E-state index in [1.165, 1.54) is 12.1 Å². The van der Waals surface area contributed by atoms with Crippen molar-refractivity contribution in [1.29, 1.82) is 0 Å². The van der Waals surface area contributed by atoms with Crippen molar-refractivity contribution < 1.29 is 29.0 Å². The quantitative estimate of drug-likeness (QED) is 0.288. The zero-order valence-corrected chi connectivity index (χ0v) is 17.6. The van der Waals surface area contributed by atoms with E-state index in [4.69, 9.17) is 9.47 Å². The van der Waals surface area contributed by atoms with Gasteiger partial charge < -0.3 is 14.6 Å². The Bertz CT molecular complexity index is 821. The van der Waals surface area contributed by atoms with Crippen molar-refractivity contribution in [2.45, 2.75) is 25.7 Å². The van der Waals surface area contributed by atoms with Crippen molar-refractivity contribution in [2.24, 2.45) is 0 Å². The number of hydrogen-bond acceptors (Lipinski definition) is 7. The number of carbonyl (C=O) groups is 3. The van der Waals surface area contributed by atoms with Crippen LogP contribution in [0.1, 0.15) is 46.4 Å². The highest BCUT2D eigenvalue weighted by atomic mass is 32.2. The molecule has 0 aliphatic carbocycles. The Balaban J connectivity index is 1.44. The molecule has 0 aliphatic rings. The third-order valence-corrected chi connectivity index (χ3v) is 5.25. The first-order chi connectivity index (χ1) is 14.6. The van der Waals surface area contributed by atoms with E-state index in [1.807, 2.05) is 6.07 Å². The Labute approximate surface area is 180 Å². The lowest BCUT2D eigenvalue weighted by Gasteiger charge is -2.06. The molecule has 0 unspecified atom stereocenters. The van der Waals surface area contributed by atoms with Crippen molar-refractivity contribution in [1.82, 2.24) is 0 Å². The van der Waals surface area contributed by atoms with Crippen LogP contribution in [0.2, 0.25) is 0 Å². The molecule has 2 rings (SSSR count). The zero-order valence-electron chi connectivity index (χ0n) is 16.7. The highest BCUT2D eigenvalue weighted by Gasteiger charge is 2.11. The van der Waals surface area contributed by atoms with Gasteiger partial charge in [0.25, 0.3) is 0 Å². The number of phenols is 1. The minimum absolute atomic E-state index is 0.0851. The first kappa shape index (κ1) is 23.5. The van der Waals surface area contributed by atoms with E-state index in [-0.39, 0.29) is 36.3 Å². The van der Waals surface area contributed by atoms with Gasteiger partial charge in [0.2, 0.25) is 0 Å². The van der Waals surface area contributed by atoms with E-state index >= 15 is 0 Å². The molecular weight excluding hydrogens is 404 g/mol. The molecule has 0 fully saturated rings. The summed E-state index contributed by atoms with van der Waals surface area (Å²) < 4.78 is 10.2. The van der Waals surface area contributed by atoms with Crippen LogP contribution >= 0.6 is 11.8 Å². The van der Waals surface area contributed by atoms with E-state index < -0.39 is 5.97 Å². The van der Waals surface area contributed by atoms with Gasteiger partial charge in [-0.05, 0) is 30.7 Å². The Kier molecular flexibility index (Phi) is 10.5. The molecule has 30 heavy (non-hydrogen) atoms. The number of para-hydroxylation sites is 1. The van der Waals surface area contributed by atoms with Crippen molar-refractivity contribution >= 4 is 29.5 Å². The molecule has 0 spiro atoms. The largest absolute Gasteiger partial charge is 0.507 e. The number of esters is 2. The third-order valence-electron chi connectivity index (χ3n) is 4.21. The molecule has 0 heterocycles. The van der Waals surface area contributed by atoms with E-state index in [9.17, 15) is 19.5 Å². The number of aromatic hydroxyl groups is 1. The molecule has 6 nitrogen and oxygen atoms in total. The molecule has 7 heteroatoms. The van der Waals surface area contributed by atoms with Crippen LogP contribution < -0.4 is 0 Å². The summed E-state index contributed by atoms with van der Waals surface area (Å²) in [5, 5.41) is 9.60. The SMILES string of the molecule is O=C(CCCCCSCCOC(=O)c1ccccc1O)OCC(=O)c1ccccc1. The van der Waals surface area contributed by atoms with Crippen molar-refractivity contribution in [3.8, 4) is 5.75 Å². The Morgan fingerprint density at radius 1 is 0.833 bits per heavy atom. The van der Waals surface area contributed by atoms with Crippen molar-refractivity contribution in [3.63, 3.8) is 0 Å². The molecule has 2 aromatic rings. The first-order valence-corrected chi connectivity index (χ1v) is 11.0.